The SMILES string of the molecule is CC(=O)[C@@H]1[C@@H](C(=O)c2ccncc2)[C@]2(C(=O)Nc3ccccc32)[C@H]2C=C(C)c3ccccc3N12. The number of amides is 1. The van der Waals surface area contributed by atoms with Gasteiger partial charge in [-0.3, -0.25) is 19.4 Å². The number of Topliss-reactive ketones (excluding diaryl/α,β-unsaturated/α-hetero) is 2. The zero-order chi connectivity index (χ0) is 23.6. The van der Waals surface area contributed by atoms with Crippen molar-refractivity contribution in [3.8, 4) is 0 Å². The monoisotopic (exact) mass is 449 g/mol. The zero-order valence-corrected chi connectivity index (χ0v) is 18.9. The van der Waals surface area contributed by atoms with Crippen LogP contribution >= 0.6 is 0 Å². The van der Waals surface area contributed by atoms with Crippen LogP contribution in [0.3, 0.4) is 0 Å². The molecule has 4 atom stereocenters. The van der Waals surface area contributed by atoms with Crippen LogP contribution in [0.4, 0.5) is 11.4 Å². The van der Waals surface area contributed by atoms with Crippen molar-refractivity contribution < 1.29 is 14.4 Å². The van der Waals surface area contributed by atoms with Crippen LogP contribution in [0.15, 0.2) is 79.1 Å². The van der Waals surface area contributed by atoms with Gasteiger partial charge in [-0.25, -0.2) is 0 Å². The fraction of sp³-hybridized carbons (Fsp3) is 0.214. The van der Waals surface area contributed by atoms with E-state index >= 15 is 0 Å². The summed E-state index contributed by atoms with van der Waals surface area (Å²) >= 11 is 0. The Labute approximate surface area is 197 Å². The average Bonchev–Trinajstić information content (AvgIpc) is 3.32. The lowest BCUT2D eigenvalue weighted by Crippen LogP contribution is -2.51. The summed E-state index contributed by atoms with van der Waals surface area (Å²) in [6.45, 7) is 3.53. The van der Waals surface area contributed by atoms with Gasteiger partial charge in [0.15, 0.2) is 11.6 Å². The molecule has 4 heterocycles. The molecule has 0 aliphatic carbocycles. The van der Waals surface area contributed by atoms with Crippen molar-refractivity contribution in [3.63, 3.8) is 0 Å². The maximum Gasteiger partial charge on any atom is 0.238 e. The molecule has 1 fully saturated rings. The number of nitrogens with zero attached hydrogens (tertiary/aromatic N) is 2. The standard InChI is InChI=1S/C28H23N3O3/c1-16-15-23-28(20-8-4-5-9-21(20)30-27(28)34)24(26(33)18-11-13-29-14-12-18)25(17(2)32)31(23)22-10-6-3-7-19(16)22/h3-15,23-25H,1-2H3,(H,30,34)/t23-,24+,25-,28-/m1/s1. The summed E-state index contributed by atoms with van der Waals surface area (Å²) in [6, 6.07) is 17.4. The molecule has 3 aromatic rings. The molecular formula is C28H23N3O3. The number of hydrogen-bond acceptors (Lipinski definition) is 5. The van der Waals surface area contributed by atoms with Crippen LogP contribution in [0.25, 0.3) is 5.57 Å². The number of allylic oxidation sites excluding steroid dienone is 1. The van der Waals surface area contributed by atoms with E-state index < -0.39 is 23.4 Å². The molecule has 0 unspecified atom stereocenters. The number of fused-ring (bicyclic) bond motifs is 6. The predicted molar refractivity (Wildman–Crippen MR) is 130 cm³/mol. The predicted octanol–water partition coefficient (Wildman–Crippen LogP) is 4.03. The molecule has 3 aliphatic rings. The molecule has 6 nitrogen and oxygen atoms in total. The quantitative estimate of drug-likeness (QED) is 0.611. The number of aromatic nitrogens is 1. The molecule has 0 saturated carbocycles. The van der Waals surface area contributed by atoms with Gasteiger partial charge in [0, 0.05) is 34.9 Å². The largest absolute Gasteiger partial charge is 0.352 e. The molecular weight excluding hydrogens is 426 g/mol. The summed E-state index contributed by atoms with van der Waals surface area (Å²) < 4.78 is 0. The number of hydrogen-bond donors (Lipinski definition) is 1. The minimum atomic E-state index is -1.25. The number of carbonyl (C=O) groups is 3. The van der Waals surface area contributed by atoms with Crippen LogP contribution in [0.1, 0.15) is 35.3 Å². The third kappa shape index (κ3) is 2.51. The highest BCUT2D eigenvalue weighted by Crippen LogP contribution is 2.58. The number of benzene rings is 2. The van der Waals surface area contributed by atoms with E-state index in [4.69, 9.17) is 0 Å². The summed E-state index contributed by atoms with van der Waals surface area (Å²) in [7, 11) is 0. The Morgan fingerprint density at radius 2 is 1.71 bits per heavy atom. The number of carbonyl (C=O) groups excluding carboxylic acids is 3. The van der Waals surface area contributed by atoms with Gasteiger partial charge in [0.25, 0.3) is 0 Å². The van der Waals surface area contributed by atoms with Crippen molar-refractivity contribution in [2.45, 2.75) is 31.3 Å². The first-order valence-electron chi connectivity index (χ1n) is 11.4. The van der Waals surface area contributed by atoms with Crippen molar-refractivity contribution >= 4 is 34.4 Å². The van der Waals surface area contributed by atoms with Gasteiger partial charge in [-0.1, -0.05) is 42.5 Å². The lowest BCUT2D eigenvalue weighted by molar-refractivity contribution is -0.122. The number of anilines is 2. The van der Waals surface area contributed by atoms with Gasteiger partial charge in [-0.15, -0.1) is 0 Å². The summed E-state index contributed by atoms with van der Waals surface area (Å²) in [4.78, 5) is 47.6. The van der Waals surface area contributed by atoms with Gasteiger partial charge in [0.1, 0.15) is 5.41 Å². The number of pyridine rings is 1. The highest BCUT2D eigenvalue weighted by molar-refractivity contribution is 6.16. The summed E-state index contributed by atoms with van der Waals surface area (Å²) in [5, 5.41) is 3.03. The van der Waals surface area contributed by atoms with Crippen LogP contribution in [0.5, 0.6) is 0 Å². The molecule has 6 heteroatoms. The maximum absolute atomic E-state index is 14.2. The molecule has 6 rings (SSSR count). The minimum Gasteiger partial charge on any atom is -0.352 e. The van der Waals surface area contributed by atoms with Gasteiger partial charge in [-0.05, 0) is 49.2 Å². The zero-order valence-electron chi connectivity index (χ0n) is 18.9. The second kappa shape index (κ2) is 7.22. The van der Waals surface area contributed by atoms with E-state index in [1.54, 1.807) is 24.5 Å². The summed E-state index contributed by atoms with van der Waals surface area (Å²) in [6.07, 6.45) is 5.18. The number of para-hydroxylation sites is 2. The molecule has 3 aliphatic heterocycles. The second-order valence-electron chi connectivity index (χ2n) is 9.22. The molecule has 0 bridgehead atoms. The summed E-state index contributed by atoms with van der Waals surface area (Å²) in [5.74, 6) is -1.53. The van der Waals surface area contributed by atoms with Crippen molar-refractivity contribution in [3.05, 3.63) is 95.8 Å². The molecule has 1 spiro atoms. The van der Waals surface area contributed by atoms with Crippen LogP contribution < -0.4 is 10.2 Å². The Kier molecular flexibility index (Phi) is 4.36. The average molecular weight is 450 g/mol. The van der Waals surface area contributed by atoms with E-state index in [0.29, 0.717) is 11.3 Å². The number of nitrogens with one attached hydrogen (secondary N) is 1. The van der Waals surface area contributed by atoms with E-state index in [0.717, 1.165) is 22.4 Å². The van der Waals surface area contributed by atoms with Gasteiger partial charge in [0.2, 0.25) is 5.91 Å². The first-order valence-corrected chi connectivity index (χ1v) is 11.4. The van der Waals surface area contributed by atoms with Crippen LogP contribution in [0, 0.1) is 5.92 Å². The highest BCUT2D eigenvalue weighted by atomic mass is 16.2. The Morgan fingerprint density at radius 3 is 2.47 bits per heavy atom. The first kappa shape index (κ1) is 20.5. The van der Waals surface area contributed by atoms with Crippen molar-refractivity contribution in [2.75, 3.05) is 10.2 Å². The third-order valence-corrected chi connectivity index (χ3v) is 7.55. The Hall–Kier alpha value is -4.06. The fourth-order valence-corrected chi connectivity index (χ4v) is 6.24. The van der Waals surface area contributed by atoms with E-state index in [9.17, 15) is 14.4 Å². The minimum absolute atomic E-state index is 0.144. The van der Waals surface area contributed by atoms with Gasteiger partial charge >= 0.3 is 0 Å². The second-order valence-corrected chi connectivity index (χ2v) is 9.22. The molecule has 168 valence electrons. The number of rotatable bonds is 3. The van der Waals surface area contributed by atoms with Gasteiger partial charge in [-0.2, -0.15) is 0 Å². The van der Waals surface area contributed by atoms with Gasteiger partial charge < -0.3 is 10.2 Å². The van der Waals surface area contributed by atoms with Crippen molar-refractivity contribution in [1.29, 1.82) is 0 Å². The third-order valence-electron chi connectivity index (χ3n) is 7.55. The number of ketones is 2. The van der Waals surface area contributed by atoms with E-state index in [1.807, 2.05) is 60.4 Å². The lowest BCUT2D eigenvalue weighted by atomic mass is 9.64. The van der Waals surface area contributed by atoms with E-state index in [1.165, 1.54) is 6.92 Å². The molecule has 1 N–H and O–H groups in total. The van der Waals surface area contributed by atoms with Crippen LogP contribution in [-0.4, -0.2) is 34.5 Å². The van der Waals surface area contributed by atoms with Crippen molar-refractivity contribution in [2.24, 2.45) is 5.92 Å². The maximum atomic E-state index is 14.2. The Balaban J connectivity index is 1.69. The molecule has 1 amide bonds. The van der Waals surface area contributed by atoms with E-state index in [-0.39, 0.29) is 17.5 Å². The topological polar surface area (TPSA) is 79.4 Å². The fourth-order valence-electron chi connectivity index (χ4n) is 6.24. The molecule has 1 saturated heterocycles. The van der Waals surface area contributed by atoms with Crippen molar-refractivity contribution in [1.82, 2.24) is 4.98 Å². The van der Waals surface area contributed by atoms with E-state index in [2.05, 4.69) is 16.4 Å². The first-order chi connectivity index (χ1) is 16.5. The molecule has 2 aromatic carbocycles. The highest BCUT2D eigenvalue weighted by Gasteiger charge is 2.70. The molecule has 1 aromatic heterocycles. The normalized spacial score (nSPS) is 26.4. The summed E-state index contributed by atoms with van der Waals surface area (Å²) in [5.41, 5.74) is 3.54. The molecule has 34 heavy (non-hydrogen) atoms. The van der Waals surface area contributed by atoms with Crippen LogP contribution in [0.2, 0.25) is 0 Å². The van der Waals surface area contributed by atoms with Crippen LogP contribution in [-0.2, 0) is 15.0 Å². The molecule has 0 radical (unpaired) electrons. The van der Waals surface area contributed by atoms with Gasteiger partial charge in [0.05, 0.1) is 18.0 Å². The Bertz CT molecular complexity index is 1400. The lowest BCUT2D eigenvalue weighted by Gasteiger charge is -2.39. The Morgan fingerprint density at radius 1 is 1.00 bits per heavy atom. The smallest absolute Gasteiger partial charge is 0.238 e.